The third-order valence-electron chi connectivity index (χ3n) is 4.64. The van der Waals surface area contributed by atoms with E-state index >= 15 is 0 Å². The first-order valence-electron chi connectivity index (χ1n) is 8.42. The molecule has 0 bridgehead atoms. The maximum absolute atomic E-state index is 11.2. The largest absolute Gasteiger partial charge is 0.374 e. The van der Waals surface area contributed by atoms with E-state index in [9.17, 15) is 10.1 Å². The lowest BCUT2D eigenvalue weighted by Gasteiger charge is -2.24. The minimum Gasteiger partial charge on any atom is -0.374 e. The molecule has 2 aliphatic rings. The Morgan fingerprint density at radius 1 is 1.26 bits per heavy atom. The lowest BCUT2D eigenvalue weighted by atomic mass is 10.2. The number of hydrogen-bond acceptors (Lipinski definition) is 5. The molecule has 2 N–H and O–H groups in total. The van der Waals surface area contributed by atoms with Gasteiger partial charge in [-0.05, 0) is 25.0 Å². The summed E-state index contributed by atoms with van der Waals surface area (Å²) in [6.07, 6.45) is 2.39. The average Bonchev–Trinajstić information content (AvgIpc) is 3.10. The van der Waals surface area contributed by atoms with Gasteiger partial charge in [-0.15, -0.1) is 0 Å². The standard InChI is InChI=1S/C16H24N4O3/c21-20(22)16-4-3-14(19-6-1-2-7-19)13-15(16)17-5-8-18-9-11-23-12-10-18/h3-4,13,17H,1-2,5-12H2/p+1. The fraction of sp³-hybridized carbons (Fsp3) is 0.625. The first-order chi connectivity index (χ1) is 11.2. The Hall–Kier alpha value is -1.86. The van der Waals surface area contributed by atoms with Crippen LogP contribution in [0, 0.1) is 10.1 Å². The molecule has 23 heavy (non-hydrogen) atoms. The summed E-state index contributed by atoms with van der Waals surface area (Å²) < 4.78 is 5.35. The van der Waals surface area contributed by atoms with Gasteiger partial charge in [0.05, 0.1) is 31.2 Å². The summed E-state index contributed by atoms with van der Waals surface area (Å²) in [4.78, 5) is 14.7. The van der Waals surface area contributed by atoms with Crippen LogP contribution in [0.1, 0.15) is 12.8 Å². The molecule has 0 aliphatic carbocycles. The topological polar surface area (TPSA) is 72.1 Å². The second kappa shape index (κ2) is 7.61. The number of nitrogens with zero attached hydrogens (tertiary/aromatic N) is 2. The summed E-state index contributed by atoms with van der Waals surface area (Å²) in [6, 6.07) is 5.41. The van der Waals surface area contributed by atoms with Crippen LogP contribution >= 0.6 is 0 Å². The number of nitrogens with one attached hydrogen (secondary N) is 2. The van der Waals surface area contributed by atoms with Gasteiger partial charge in [-0.2, -0.15) is 0 Å². The normalized spacial score (nSPS) is 19.0. The number of hydrogen-bond donors (Lipinski definition) is 2. The van der Waals surface area contributed by atoms with Crippen LogP contribution in [0.5, 0.6) is 0 Å². The van der Waals surface area contributed by atoms with Crippen molar-refractivity contribution in [1.29, 1.82) is 0 Å². The Morgan fingerprint density at radius 3 is 2.70 bits per heavy atom. The van der Waals surface area contributed by atoms with Crippen molar-refractivity contribution < 1.29 is 14.6 Å². The summed E-state index contributed by atoms with van der Waals surface area (Å²) >= 11 is 0. The van der Waals surface area contributed by atoms with Gasteiger partial charge in [0, 0.05) is 24.8 Å². The van der Waals surface area contributed by atoms with Gasteiger partial charge >= 0.3 is 0 Å². The highest BCUT2D eigenvalue weighted by Gasteiger charge is 2.19. The molecule has 0 saturated carbocycles. The number of morpholine rings is 1. The number of rotatable bonds is 6. The Labute approximate surface area is 136 Å². The van der Waals surface area contributed by atoms with E-state index in [1.807, 2.05) is 12.1 Å². The highest BCUT2D eigenvalue weighted by Crippen LogP contribution is 2.30. The van der Waals surface area contributed by atoms with E-state index in [0.717, 1.165) is 58.2 Å². The number of ether oxygens (including phenoxy) is 1. The van der Waals surface area contributed by atoms with E-state index in [1.165, 1.54) is 17.7 Å². The molecule has 2 aliphatic heterocycles. The molecule has 2 fully saturated rings. The van der Waals surface area contributed by atoms with Gasteiger partial charge in [0.25, 0.3) is 5.69 Å². The van der Waals surface area contributed by atoms with Crippen molar-refractivity contribution in [3.05, 3.63) is 28.3 Å². The Morgan fingerprint density at radius 2 is 2.00 bits per heavy atom. The van der Waals surface area contributed by atoms with Crippen LogP contribution in [0.3, 0.4) is 0 Å². The zero-order valence-corrected chi connectivity index (χ0v) is 13.4. The van der Waals surface area contributed by atoms with Gasteiger partial charge < -0.3 is 19.9 Å². The smallest absolute Gasteiger partial charge is 0.292 e. The van der Waals surface area contributed by atoms with Crippen molar-refractivity contribution in [3.8, 4) is 0 Å². The van der Waals surface area contributed by atoms with Crippen LogP contribution in [-0.4, -0.2) is 57.4 Å². The van der Waals surface area contributed by atoms with Gasteiger partial charge in [0.2, 0.25) is 0 Å². The summed E-state index contributed by atoms with van der Waals surface area (Å²) in [7, 11) is 0. The lowest BCUT2D eigenvalue weighted by molar-refractivity contribution is -0.906. The van der Waals surface area contributed by atoms with Crippen LogP contribution in [0.4, 0.5) is 17.1 Å². The minimum absolute atomic E-state index is 0.157. The van der Waals surface area contributed by atoms with Crippen molar-refractivity contribution in [3.63, 3.8) is 0 Å². The zero-order valence-electron chi connectivity index (χ0n) is 13.4. The third kappa shape index (κ3) is 4.11. The first kappa shape index (κ1) is 16.0. The second-order valence-corrected chi connectivity index (χ2v) is 6.19. The summed E-state index contributed by atoms with van der Waals surface area (Å²) in [5.41, 5.74) is 1.87. The summed E-state index contributed by atoms with van der Waals surface area (Å²) in [5, 5.41) is 14.5. The number of nitro benzene ring substituents is 1. The maximum atomic E-state index is 11.2. The number of nitro groups is 1. The molecule has 0 aromatic heterocycles. The van der Waals surface area contributed by atoms with Gasteiger partial charge in [0.15, 0.2) is 0 Å². The molecule has 2 saturated heterocycles. The number of quaternary nitrogens is 1. The van der Waals surface area contributed by atoms with Crippen molar-refractivity contribution in [2.45, 2.75) is 12.8 Å². The molecule has 2 heterocycles. The van der Waals surface area contributed by atoms with Crippen LogP contribution in [0.25, 0.3) is 0 Å². The summed E-state index contributed by atoms with van der Waals surface area (Å²) in [6.45, 7) is 7.40. The maximum Gasteiger partial charge on any atom is 0.292 e. The molecule has 126 valence electrons. The van der Waals surface area contributed by atoms with Crippen LogP contribution < -0.4 is 15.1 Å². The molecule has 1 aromatic carbocycles. The SMILES string of the molecule is O=[N+]([O-])c1ccc(N2CCCC2)cc1NCC[NH+]1CCOCC1. The molecule has 0 amide bonds. The van der Waals surface area contributed by atoms with Crippen molar-refractivity contribution >= 4 is 17.1 Å². The molecule has 7 heteroatoms. The van der Waals surface area contributed by atoms with Gasteiger partial charge in [-0.1, -0.05) is 0 Å². The van der Waals surface area contributed by atoms with Crippen LogP contribution in [-0.2, 0) is 4.74 Å². The highest BCUT2D eigenvalue weighted by molar-refractivity contribution is 5.69. The molecular formula is C16H25N4O3+. The van der Waals surface area contributed by atoms with Crippen molar-refractivity contribution in [2.75, 3.05) is 62.7 Å². The summed E-state index contributed by atoms with van der Waals surface area (Å²) in [5.74, 6) is 0. The van der Waals surface area contributed by atoms with Crippen LogP contribution in [0.2, 0.25) is 0 Å². The Balaban J connectivity index is 1.64. The molecule has 7 nitrogen and oxygen atoms in total. The molecule has 3 rings (SSSR count). The number of benzene rings is 1. The number of anilines is 2. The van der Waals surface area contributed by atoms with E-state index < -0.39 is 0 Å². The second-order valence-electron chi connectivity index (χ2n) is 6.19. The van der Waals surface area contributed by atoms with Gasteiger partial charge in [-0.25, -0.2) is 0 Å². The van der Waals surface area contributed by atoms with E-state index in [0.29, 0.717) is 5.69 Å². The van der Waals surface area contributed by atoms with E-state index in [4.69, 9.17) is 4.74 Å². The monoisotopic (exact) mass is 321 g/mol. The van der Waals surface area contributed by atoms with E-state index in [1.54, 1.807) is 6.07 Å². The first-order valence-corrected chi connectivity index (χ1v) is 8.42. The Kier molecular flexibility index (Phi) is 5.30. The minimum atomic E-state index is -0.308. The van der Waals surface area contributed by atoms with Gasteiger partial charge in [0.1, 0.15) is 18.8 Å². The van der Waals surface area contributed by atoms with Crippen LogP contribution in [0.15, 0.2) is 18.2 Å². The fourth-order valence-corrected chi connectivity index (χ4v) is 3.28. The average molecular weight is 321 g/mol. The molecule has 1 aromatic rings. The molecular weight excluding hydrogens is 296 g/mol. The Bertz CT molecular complexity index is 540. The quantitative estimate of drug-likeness (QED) is 0.590. The predicted octanol–water partition coefficient (Wildman–Crippen LogP) is 0.522. The lowest BCUT2D eigenvalue weighted by Crippen LogP contribution is -3.14. The van der Waals surface area contributed by atoms with E-state index in [-0.39, 0.29) is 10.6 Å². The zero-order chi connectivity index (χ0) is 16.1. The predicted molar refractivity (Wildman–Crippen MR) is 89.4 cm³/mol. The van der Waals surface area contributed by atoms with E-state index in [2.05, 4.69) is 10.2 Å². The molecule has 0 radical (unpaired) electrons. The van der Waals surface area contributed by atoms with Crippen molar-refractivity contribution in [1.82, 2.24) is 0 Å². The highest BCUT2D eigenvalue weighted by atomic mass is 16.6. The third-order valence-corrected chi connectivity index (χ3v) is 4.64. The van der Waals surface area contributed by atoms with Gasteiger partial charge in [-0.3, -0.25) is 10.1 Å². The van der Waals surface area contributed by atoms with Crippen molar-refractivity contribution in [2.24, 2.45) is 0 Å². The molecule has 0 unspecified atom stereocenters. The molecule has 0 atom stereocenters. The molecule has 0 spiro atoms. The fourth-order valence-electron chi connectivity index (χ4n) is 3.28.